The molecule has 1 aromatic carbocycles. The molecule has 7 heteroatoms. The monoisotopic (exact) mass is 345 g/mol. The molecule has 0 fully saturated rings. The fourth-order valence-corrected chi connectivity index (χ4v) is 3.21. The zero-order valence-corrected chi connectivity index (χ0v) is 14.2. The van der Waals surface area contributed by atoms with Crippen molar-refractivity contribution in [3.05, 3.63) is 42.2 Å². The number of aliphatic hydroxyl groups is 1. The van der Waals surface area contributed by atoms with E-state index in [1.54, 1.807) is 12.1 Å². The van der Waals surface area contributed by atoms with Crippen molar-refractivity contribution in [1.82, 2.24) is 15.2 Å². The fraction of sp³-hybridized carbons (Fsp3) is 0.294. The summed E-state index contributed by atoms with van der Waals surface area (Å²) in [6.45, 7) is 1.84. The number of nitrogens with one attached hydrogen (secondary N) is 1. The van der Waals surface area contributed by atoms with Crippen LogP contribution in [0.15, 0.2) is 40.8 Å². The van der Waals surface area contributed by atoms with E-state index in [-0.39, 0.29) is 18.3 Å². The van der Waals surface area contributed by atoms with Crippen molar-refractivity contribution in [3.63, 3.8) is 0 Å². The number of amides is 1. The van der Waals surface area contributed by atoms with E-state index < -0.39 is 0 Å². The van der Waals surface area contributed by atoms with Gasteiger partial charge in [-0.05, 0) is 31.3 Å². The molecular weight excluding hydrogens is 326 g/mol. The van der Waals surface area contributed by atoms with Crippen LogP contribution in [0.4, 0.5) is 0 Å². The number of aromatic nitrogens is 1. The van der Waals surface area contributed by atoms with Crippen molar-refractivity contribution >= 4 is 27.5 Å². The van der Waals surface area contributed by atoms with Gasteiger partial charge in [0.15, 0.2) is 16.5 Å². The largest absolute Gasteiger partial charge is 0.448 e. The summed E-state index contributed by atoms with van der Waals surface area (Å²) in [7, 11) is 1.89. The van der Waals surface area contributed by atoms with E-state index in [0.29, 0.717) is 25.4 Å². The molecule has 6 nitrogen and oxygen atoms in total. The normalized spacial score (nSPS) is 11.3. The third-order valence-corrected chi connectivity index (χ3v) is 4.65. The lowest BCUT2D eigenvalue weighted by Gasteiger charge is -2.14. The standard InChI is InChI=1S/C17H19N3O3S/c1-20(10-11-21)9-8-18-16(22)13-6-7-14(23-13)17-19-12-4-2-3-5-15(12)24-17/h2-7,21H,8-11H2,1H3,(H,18,22). The Bertz CT molecular complexity index is 794. The fourth-order valence-electron chi connectivity index (χ4n) is 2.28. The molecule has 0 bridgehead atoms. The molecule has 0 radical (unpaired) electrons. The Hall–Kier alpha value is -2.22. The molecule has 0 unspecified atom stereocenters. The highest BCUT2D eigenvalue weighted by Gasteiger charge is 2.14. The molecule has 2 heterocycles. The van der Waals surface area contributed by atoms with E-state index in [0.717, 1.165) is 15.2 Å². The number of para-hydroxylation sites is 1. The van der Waals surface area contributed by atoms with Crippen LogP contribution in [0.1, 0.15) is 10.6 Å². The molecule has 0 aliphatic heterocycles. The van der Waals surface area contributed by atoms with Gasteiger partial charge in [-0.3, -0.25) is 4.79 Å². The molecule has 3 aromatic rings. The Morgan fingerprint density at radius 2 is 2.12 bits per heavy atom. The first-order valence-corrected chi connectivity index (χ1v) is 8.52. The summed E-state index contributed by atoms with van der Waals surface area (Å²) in [6, 6.07) is 11.3. The highest BCUT2D eigenvalue weighted by molar-refractivity contribution is 7.21. The number of furan rings is 1. The summed E-state index contributed by atoms with van der Waals surface area (Å²) < 4.78 is 6.73. The molecule has 0 aliphatic rings. The van der Waals surface area contributed by atoms with Gasteiger partial charge in [-0.2, -0.15) is 0 Å². The minimum atomic E-state index is -0.250. The van der Waals surface area contributed by atoms with Gasteiger partial charge in [0.1, 0.15) is 0 Å². The molecule has 2 N–H and O–H groups in total. The number of carbonyl (C=O) groups excluding carboxylic acids is 1. The number of rotatable bonds is 7. The maximum atomic E-state index is 12.1. The molecule has 1 amide bonds. The molecule has 0 saturated carbocycles. The van der Waals surface area contributed by atoms with E-state index in [9.17, 15) is 4.79 Å². The number of hydrogen-bond donors (Lipinski definition) is 2. The SMILES string of the molecule is CN(CCO)CCNC(=O)c1ccc(-c2nc3ccccc3s2)o1. The summed E-state index contributed by atoms with van der Waals surface area (Å²) in [5.41, 5.74) is 0.923. The van der Waals surface area contributed by atoms with Crippen molar-refractivity contribution in [1.29, 1.82) is 0 Å². The first-order valence-electron chi connectivity index (χ1n) is 7.71. The minimum absolute atomic E-state index is 0.105. The number of likely N-dealkylation sites (N-methyl/N-ethyl adjacent to an activating group) is 1. The predicted molar refractivity (Wildman–Crippen MR) is 94.2 cm³/mol. The molecule has 24 heavy (non-hydrogen) atoms. The van der Waals surface area contributed by atoms with Crippen LogP contribution in [-0.4, -0.2) is 54.2 Å². The predicted octanol–water partition coefficient (Wildman–Crippen LogP) is 2.21. The van der Waals surface area contributed by atoms with Gasteiger partial charge in [-0.1, -0.05) is 12.1 Å². The second-order valence-corrected chi connectivity index (χ2v) is 6.46. The Morgan fingerprint density at radius 3 is 2.92 bits per heavy atom. The quantitative estimate of drug-likeness (QED) is 0.686. The zero-order valence-electron chi connectivity index (χ0n) is 13.4. The first kappa shape index (κ1) is 16.6. The van der Waals surface area contributed by atoms with E-state index in [1.165, 1.54) is 11.3 Å². The average Bonchev–Trinajstić information content (AvgIpc) is 3.21. The Kier molecular flexibility index (Phi) is 5.24. The minimum Gasteiger partial charge on any atom is -0.448 e. The van der Waals surface area contributed by atoms with Crippen LogP contribution in [0.2, 0.25) is 0 Å². The summed E-state index contributed by atoms with van der Waals surface area (Å²) in [5, 5.41) is 12.4. The van der Waals surface area contributed by atoms with Crippen LogP contribution < -0.4 is 5.32 Å². The molecule has 0 spiro atoms. The smallest absolute Gasteiger partial charge is 0.287 e. The number of nitrogens with zero attached hydrogens (tertiary/aromatic N) is 2. The molecule has 0 aliphatic carbocycles. The number of benzene rings is 1. The maximum absolute atomic E-state index is 12.1. The summed E-state index contributed by atoms with van der Waals surface area (Å²) in [4.78, 5) is 18.6. The number of fused-ring (bicyclic) bond motifs is 1. The molecular formula is C17H19N3O3S. The number of aliphatic hydroxyl groups excluding tert-OH is 1. The Balaban J connectivity index is 1.63. The van der Waals surface area contributed by atoms with Gasteiger partial charge in [0, 0.05) is 19.6 Å². The van der Waals surface area contributed by atoms with Crippen molar-refractivity contribution in [2.45, 2.75) is 0 Å². The van der Waals surface area contributed by atoms with E-state index in [2.05, 4.69) is 10.3 Å². The molecule has 2 aromatic heterocycles. The van der Waals surface area contributed by atoms with Gasteiger partial charge in [0.05, 0.1) is 16.8 Å². The molecule has 0 atom stereocenters. The van der Waals surface area contributed by atoms with Crippen LogP contribution in [0.3, 0.4) is 0 Å². The van der Waals surface area contributed by atoms with E-state index >= 15 is 0 Å². The third kappa shape index (κ3) is 3.81. The van der Waals surface area contributed by atoms with Gasteiger partial charge in [-0.15, -0.1) is 11.3 Å². The van der Waals surface area contributed by atoms with Crippen LogP contribution in [0.25, 0.3) is 21.0 Å². The second-order valence-electron chi connectivity index (χ2n) is 5.43. The van der Waals surface area contributed by atoms with E-state index in [4.69, 9.17) is 9.52 Å². The van der Waals surface area contributed by atoms with Crippen LogP contribution in [0.5, 0.6) is 0 Å². The van der Waals surface area contributed by atoms with Crippen LogP contribution in [-0.2, 0) is 0 Å². The van der Waals surface area contributed by atoms with Gasteiger partial charge in [-0.25, -0.2) is 4.98 Å². The van der Waals surface area contributed by atoms with Crippen LogP contribution >= 0.6 is 11.3 Å². The summed E-state index contributed by atoms with van der Waals surface area (Å²) >= 11 is 1.54. The number of carbonyl (C=O) groups is 1. The highest BCUT2D eigenvalue weighted by Crippen LogP contribution is 2.30. The maximum Gasteiger partial charge on any atom is 0.287 e. The topological polar surface area (TPSA) is 78.6 Å². The first-order chi connectivity index (χ1) is 11.7. The Morgan fingerprint density at radius 1 is 1.29 bits per heavy atom. The highest BCUT2D eigenvalue weighted by atomic mass is 32.1. The van der Waals surface area contributed by atoms with Gasteiger partial charge >= 0.3 is 0 Å². The Labute approximate surface area is 143 Å². The molecule has 0 saturated heterocycles. The number of thiazole rings is 1. The van der Waals surface area contributed by atoms with E-state index in [1.807, 2.05) is 36.2 Å². The van der Waals surface area contributed by atoms with Crippen molar-refractivity contribution in [2.75, 3.05) is 33.3 Å². The lowest BCUT2D eigenvalue weighted by molar-refractivity contribution is 0.0922. The molecule has 126 valence electrons. The number of hydrogen-bond acceptors (Lipinski definition) is 6. The zero-order chi connectivity index (χ0) is 16.9. The lowest BCUT2D eigenvalue weighted by atomic mass is 10.3. The van der Waals surface area contributed by atoms with Gasteiger partial charge < -0.3 is 19.7 Å². The van der Waals surface area contributed by atoms with Gasteiger partial charge in [0.25, 0.3) is 5.91 Å². The lowest BCUT2D eigenvalue weighted by Crippen LogP contribution is -2.34. The molecule has 3 rings (SSSR count). The summed E-state index contributed by atoms with van der Waals surface area (Å²) in [6.07, 6.45) is 0. The average molecular weight is 345 g/mol. The second kappa shape index (κ2) is 7.57. The van der Waals surface area contributed by atoms with Crippen molar-refractivity contribution < 1.29 is 14.3 Å². The van der Waals surface area contributed by atoms with Gasteiger partial charge in [0.2, 0.25) is 0 Å². The summed E-state index contributed by atoms with van der Waals surface area (Å²) in [5.74, 6) is 0.618. The third-order valence-electron chi connectivity index (χ3n) is 3.60. The van der Waals surface area contributed by atoms with Crippen LogP contribution in [0, 0.1) is 0 Å². The van der Waals surface area contributed by atoms with Crippen molar-refractivity contribution in [3.8, 4) is 10.8 Å². The van der Waals surface area contributed by atoms with Crippen molar-refractivity contribution in [2.24, 2.45) is 0 Å².